The zero-order valence-electron chi connectivity index (χ0n) is 12.4. The summed E-state index contributed by atoms with van der Waals surface area (Å²) in [6.45, 7) is 2.32. The summed E-state index contributed by atoms with van der Waals surface area (Å²) in [5.41, 5.74) is -1.18. The Morgan fingerprint density at radius 1 is 1.30 bits per heavy atom. The predicted molar refractivity (Wildman–Crippen MR) is 80.1 cm³/mol. The van der Waals surface area contributed by atoms with Gasteiger partial charge in [-0.05, 0) is 44.4 Å². The van der Waals surface area contributed by atoms with Crippen LogP contribution in [0.4, 0.5) is 18.9 Å². The third-order valence-corrected chi connectivity index (χ3v) is 4.12. The Kier molecular flexibility index (Phi) is 5.19. The number of benzene rings is 1. The zero-order valence-corrected chi connectivity index (χ0v) is 13.2. The third kappa shape index (κ3) is 4.16. The van der Waals surface area contributed by atoms with Gasteiger partial charge in [-0.1, -0.05) is 11.6 Å². The van der Waals surface area contributed by atoms with E-state index in [4.69, 9.17) is 11.6 Å². The number of amides is 2. The van der Waals surface area contributed by atoms with Crippen molar-refractivity contribution in [3.8, 4) is 0 Å². The number of carbonyl (C=O) groups is 2. The van der Waals surface area contributed by atoms with Crippen LogP contribution in [0.5, 0.6) is 0 Å². The molecule has 1 aliphatic rings. The molecule has 1 aliphatic heterocycles. The normalized spacial score (nSPS) is 18.7. The molecule has 0 saturated carbocycles. The molecule has 8 heteroatoms. The number of piperidine rings is 1. The van der Waals surface area contributed by atoms with Crippen molar-refractivity contribution in [2.75, 3.05) is 11.9 Å². The molecule has 23 heavy (non-hydrogen) atoms. The van der Waals surface area contributed by atoms with Gasteiger partial charge in [0.2, 0.25) is 0 Å². The molecule has 126 valence electrons. The summed E-state index contributed by atoms with van der Waals surface area (Å²) in [5.74, 6) is -1.69. The van der Waals surface area contributed by atoms with E-state index in [9.17, 15) is 22.8 Å². The van der Waals surface area contributed by atoms with Crippen LogP contribution in [0.1, 0.15) is 31.7 Å². The Morgan fingerprint density at radius 3 is 2.61 bits per heavy atom. The summed E-state index contributed by atoms with van der Waals surface area (Å²) in [6, 6.07) is 2.92. The number of nitrogens with zero attached hydrogens (tertiary/aromatic N) is 1. The second kappa shape index (κ2) is 6.78. The summed E-state index contributed by atoms with van der Waals surface area (Å²) in [5, 5.41) is 1.74. The van der Waals surface area contributed by atoms with Gasteiger partial charge in [-0.3, -0.25) is 9.59 Å². The fourth-order valence-corrected chi connectivity index (χ4v) is 2.76. The maximum atomic E-state index is 12.8. The lowest BCUT2D eigenvalue weighted by Crippen LogP contribution is -2.47. The largest absolute Gasteiger partial charge is 0.417 e. The average molecular weight is 349 g/mol. The number of hydrogen-bond acceptors (Lipinski definition) is 2. The summed E-state index contributed by atoms with van der Waals surface area (Å²) in [6.07, 6.45) is -2.04. The van der Waals surface area contributed by atoms with Crippen molar-refractivity contribution in [2.24, 2.45) is 0 Å². The minimum Gasteiger partial charge on any atom is -0.332 e. The van der Waals surface area contributed by atoms with Crippen molar-refractivity contribution in [1.29, 1.82) is 0 Å². The maximum Gasteiger partial charge on any atom is 0.417 e. The molecule has 1 aromatic rings. The molecule has 4 nitrogen and oxygen atoms in total. The van der Waals surface area contributed by atoms with Crippen LogP contribution in [0, 0.1) is 0 Å². The number of likely N-dealkylation sites (tertiary alicyclic amines) is 1. The molecule has 1 saturated heterocycles. The highest BCUT2D eigenvalue weighted by atomic mass is 35.5. The molecule has 1 atom stereocenters. The molecule has 0 aliphatic carbocycles. The summed E-state index contributed by atoms with van der Waals surface area (Å²) >= 11 is 5.51. The highest BCUT2D eigenvalue weighted by Gasteiger charge is 2.34. The Balaban J connectivity index is 2.12. The molecule has 0 radical (unpaired) electrons. The monoisotopic (exact) mass is 348 g/mol. The molecular weight excluding hydrogens is 333 g/mol. The minimum atomic E-state index is -4.64. The number of hydrogen-bond donors (Lipinski definition) is 1. The molecule has 0 spiro atoms. The smallest absolute Gasteiger partial charge is 0.332 e. The van der Waals surface area contributed by atoms with E-state index in [1.54, 1.807) is 0 Å². The van der Waals surface area contributed by atoms with Gasteiger partial charge in [-0.15, -0.1) is 0 Å². The van der Waals surface area contributed by atoms with Crippen LogP contribution < -0.4 is 5.32 Å². The van der Waals surface area contributed by atoms with Gasteiger partial charge >= 0.3 is 18.0 Å². The molecule has 0 bridgehead atoms. The fourth-order valence-electron chi connectivity index (χ4n) is 2.54. The summed E-state index contributed by atoms with van der Waals surface area (Å²) < 4.78 is 38.4. The van der Waals surface area contributed by atoms with Crippen LogP contribution in [0.3, 0.4) is 0 Å². The van der Waals surface area contributed by atoms with Crippen LogP contribution in [0.25, 0.3) is 0 Å². The molecule has 1 aromatic carbocycles. The molecule has 1 unspecified atom stereocenters. The molecule has 1 N–H and O–H groups in total. The Hall–Kier alpha value is -1.76. The summed E-state index contributed by atoms with van der Waals surface area (Å²) in [4.78, 5) is 25.6. The second-order valence-corrected chi connectivity index (χ2v) is 5.90. The van der Waals surface area contributed by atoms with Gasteiger partial charge in [0.05, 0.1) is 10.6 Å². The van der Waals surface area contributed by atoms with Crippen LogP contribution in [0.15, 0.2) is 18.2 Å². The van der Waals surface area contributed by atoms with E-state index in [0.717, 1.165) is 25.3 Å². The van der Waals surface area contributed by atoms with E-state index in [1.165, 1.54) is 11.0 Å². The van der Waals surface area contributed by atoms with Gasteiger partial charge in [0.15, 0.2) is 0 Å². The van der Waals surface area contributed by atoms with Crippen LogP contribution >= 0.6 is 11.6 Å². The number of carbonyl (C=O) groups excluding carboxylic acids is 2. The topological polar surface area (TPSA) is 49.4 Å². The van der Waals surface area contributed by atoms with Crippen molar-refractivity contribution >= 4 is 29.1 Å². The first-order valence-electron chi connectivity index (χ1n) is 7.19. The van der Waals surface area contributed by atoms with Gasteiger partial charge < -0.3 is 10.2 Å². The van der Waals surface area contributed by atoms with Crippen LogP contribution in [-0.4, -0.2) is 29.3 Å². The van der Waals surface area contributed by atoms with Crippen LogP contribution in [0.2, 0.25) is 5.02 Å². The van der Waals surface area contributed by atoms with Crippen molar-refractivity contribution in [3.63, 3.8) is 0 Å². The van der Waals surface area contributed by atoms with Crippen molar-refractivity contribution in [3.05, 3.63) is 28.8 Å². The van der Waals surface area contributed by atoms with Crippen molar-refractivity contribution in [2.45, 2.75) is 38.4 Å². The Bertz CT molecular complexity index is 619. The lowest BCUT2D eigenvalue weighted by molar-refractivity contribution is -0.145. The number of halogens is 4. The van der Waals surface area contributed by atoms with Gasteiger partial charge in [-0.25, -0.2) is 0 Å². The third-order valence-electron chi connectivity index (χ3n) is 3.79. The van der Waals surface area contributed by atoms with E-state index < -0.39 is 28.6 Å². The first-order chi connectivity index (χ1) is 10.7. The zero-order chi connectivity index (χ0) is 17.2. The quantitative estimate of drug-likeness (QED) is 0.787. The average Bonchev–Trinajstić information content (AvgIpc) is 2.48. The second-order valence-electron chi connectivity index (χ2n) is 5.49. The highest BCUT2D eigenvalue weighted by molar-refractivity contribution is 6.39. The van der Waals surface area contributed by atoms with Gasteiger partial charge in [0, 0.05) is 18.3 Å². The first-order valence-corrected chi connectivity index (χ1v) is 7.56. The molecule has 0 aromatic heterocycles. The Labute approximate surface area is 136 Å². The molecule has 2 amide bonds. The fraction of sp³-hybridized carbons (Fsp3) is 0.467. The highest BCUT2D eigenvalue weighted by Crippen LogP contribution is 2.36. The van der Waals surface area contributed by atoms with Gasteiger partial charge in [0.1, 0.15) is 0 Å². The van der Waals surface area contributed by atoms with Gasteiger partial charge in [-0.2, -0.15) is 13.2 Å². The molecular formula is C15H16ClF3N2O2. The van der Waals surface area contributed by atoms with Crippen molar-refractivity contribution in [1.82, 2.24) is 4.90 Å². The molecule has 1 heterocycles. The lowest BCUT2D eigenvalue weighted by atomic mass is 10.0. The van der Waals surface area contributed by atoms with Crippen LogP contribution in [-0.2, 0) is 15.8 Å². The van der Waals surface area contributed by atoms with E-state index in [1.807, 2.05) is 6.92 Å². The predicted octanol–water partition coefficient (Wildman–Crippen LogP) is 3.70. The molecule has 2 rings (SSSR count). The maximum absolute atomic E-state index is 12.8. The van der Waals surface area contributed by atoms with Gasteiger partial charge in [0.25, 0.3) is 0 Å². The number of nitrogens with one attached hydrogen (secondary N) is 1. The Morgan fingerprint density at radius 2 is 2.00 bits per heavy atom. The number of anilines is 1. The van der Waals surface area contributed by atoms with E-state index in [2.05, 4.69) is 5.32 Å². The summed E-state index contributed by atoms with van der Waals surface area (Å²) in [7, 11) is 0. The SMILES string of the molecule is CC1CCCCN1C(=O)C(=O)Nc1ccc(Cl)c(C(F)(F)F)c1. The van der Waals surface area contributed by atoms with Crippen molar-refractivity contribution < 1.29 is 22.8 Å². The van der Waals surface area contributed by atoms with E-state index in [0.29, 0.717) is 12.6 Å². The van der Waals surface area contributed by atoms with E-state index in [-0.39, 0.29) is 11.7 Å². The number of alkyl halides is 3. The first kappa shape index (κ1) is 17.6. The minimum absolute atomic E-state index is 0.0575. The standard InChI is InChI=1S/C15H16ClF3N2O2/c1-9-4-2-3-7-21(9)14(23)13(22)20-10-5-6-12(16)11(8-10)15(17,18)19/h5-6,8-9H,2-4,7H2,1H3,(H,20,22). The van der Waals surface area contributed by atoms with E-state index >= 15 is 0 Å². The number of rotatable bonds is 1. The lowest BCUT2D eigenvalue weighted by Gasteiger charge is -2.32. The molecule has 1 fully saturated rings.